The maximum absolute atomic E-state index is 8.93. The Morgan fingerprint density at radius 2 is 2.23 bits per heavy atom. The molecule has 2 aromatic heterocycles. The van der Waals surface area contributed by atoms with E-state index in [2.05, 4.69) is 4.98 Å². The van der Waals surface area contributed by atoms with Crippen LogP contribution < -0.4 is 0 Å². The molecular weight excluding hydrogens is 170 g/mol. The molecule has 0 aliphatic carbocycles. The van der Waals surface area contributed by atoms with E-state index < -0.39 is 0 Å². The predicted molar refractivity (Wildman–Crippen MR) is 44.9 cm³/mol. The number of hydrogen-bond donors (Lipinski definition) is 1. The standard InChI is InChI=1S/C9H9NO3/c1-6-2-3-12-8(6)9-7(4-11)10-5-13-9/h2-3,5,11H,4H2,1H3. The Bertz CT molecular complexity index is 402. The lowest BCUT2D eigenvalue weighted by atomic mass is 10.2. The molecule has 0 radical (unpaired) electrons. The maximum Gasteiger partial charge on any atom is 0.195 e. The molecule has 0 saturated heterocycles. The summed E-state index contributed by atoms with van der Waals surface area (Å²) in [6.45, 7) is 1.76. The molecule has 0 aliphatic heterocycles. The fourth-order valence-electron chi connectivity index (χ4n) is 1.17. The van der Waals surface area contributed by atoms with Crippen molar-refractivity contribution in [2.24, 2.45) is 0 Å². The molecule has 68 valence electrons. The van der Waals surface area contributed by atoms with Crippen LogP contribution in [0.25, 0.3) is 11.5 Å². The van der Waals surface area contributed by atoms with Crippen molar-refractivity contribution in [2.75, 3.05) is 0 Å². The molecule has 0 atom stereocenters. The van der Waals surface area contributed by atoms with Gasteiger partial charge in [0, 0.05) is 0 Å². The second-order valence-corrected chi connectivity index (χ2v) is 2.72. The molecule has 0 bridgehead atoms. The van der Waals surface area contributed by atoms with Crippen molar-refractivity contribution in [1.82, 2.24) is 4.98 Å². The van der Waals surface area contributed by atoms with E-state index in [0.29, 0.717) is 17.2 Å². The zero-order valence-corrected chi connectivity index (χ0v) is 7.15. The summed E-state index contributed by atoms with van der Waals surface area (Å²) in [5.41, 5.74) is 1.46. The number of aromatic nitrogens is 1. The molecule has 4 heteroatoms. The Kier molecular flexibility index (Phi) is 1.90. The SMILES string of the molecule is Cc1ccoc1-c1ocnc1CO. The molecule has 2 heterocycles. The van der Waals surface area contributed by atoms with E-state index in [9.17, 15) is 0 Å². The molecule has 2 aromatic rings. The van der Waals surface area contributed by atoms with Gasteiger partial charge in [-0.1, -0.05) is 0 Å². The summed E-state index contributed by atoms with van der Waals surface area (Å²) in [5, 5.41) is 8.93. The molecule has 0 aliphatic rings. The van der Waals surface area contributed by atoms with E-state index in [1.807, 2.05) is 13.0 Å². The number of nitrogens with zero attached hydrogens (tertiary/aromatic N) is 1. The van der Waals surface area contributed by atoms with Gasteiger partial charge in [0.1, 0.15) is 5.69 Å². The van der Waals surface area contributed by atoms with Gasteiger partial charge in [-0.15, -0.1) is 0 Å². The molecule has 0 fully saturated rings. The van der Waals surface area contributed by atoms with E-state index in [-0.39, 0.29) is 6.61 Å². The molecule has 13 heavy (non-hydrogen) atoms. The van der Waals surface area contributed by atoms with Gasteiger partial charge in [-0.25, -0.2) is 4.98 Å². The van der Waals surface area contributed by atoms with E-state index in [4.69, 9.17) is 13.9 Å². The van der Waals surface area contributed by atoms with E-state index in [1.54, 1.807) is 6.26 Å². The Morgan fingerprint density at radius 3 is 2.85 bits per heavy atom. The molecule has 0 unspecified atom stereocenters. The fraction of sp³-hybridized carbons (Fsp3) is 0.222. The van der Waals surface area contributed by atoms with Gasteiger partial charge in [0.25, 0.3) is 0 Å². The largest absolute Gasteiger partial charge is 0.461 e. The van der Waals surface area contributed by atoms with Crippen LogP contribution in [0.5, 0.6) is 0 Å². The average Bonchev–Trinajstić information content (AvgIpc) is 2.71. The average molecular weight is 179 g/mol. The normalized spacial score (nSPS) is 10.6. The first kappa shape index (κ1) is 8.07. The quantitative estimate of drug-likeness (QED) is 0.762. The summed E-state index contributed by atoms with van der Waals surface area (Å²) in [6, 6.07) is 1.83. The first-order valence-electron chi connectivity index (χ1n) is 3.90. The molecule has 4 nitrogen and oxygen atoms in total. The summed E-state index contributed by atoms with van der Waals surface area (Å²) in [4.78, 5) is 3.86. The van der Waals surface area contributed by atoms with Gasteiger partial charge >= 0.3 is 0 Å². The lowest BCUT2D eigenvalue weighted by Crippen LogP contribution is -1.86. The fourth-order valence-corrected chi connectivity index (χ4v) is 1.17. The highest BCUT2D eigenvalue weighted by Crippen LogP contribution is 2.26. The van der Waals surface area contributed by atoms with Crippen molar-refractivity contribution in [3.05, 3.63) is 30.0 Å². The van der Waals surface area contributed by atoms with Gasteiger partial charge in [0.05, 0.1) is 12.9 Å². The van der Waals surface area contributed by atoms with Gasteiger partial charge in [0.15, 0.2) is 17.9 Å². The minimum atomic E-state index is -0.147. The second kappa shape index (κ2) is 3.06. The van der Waals surface area contributed by atoms with Crippen LogP contribution in [0.2, 0.25) is 0 Å². The molecular formula is C9H9NO3. The third-order valence-electron chi connectivity index (χ3n) is 1.86. The third-order valence-corrected chi connectivity index (χ3v) is 1.86. The van der Waals surface area contributed by atoms with Gasteiger partial charge < -0.3 is 13.9 Å². The van der Waals surface area contributed by atoms with Crippen LogP contribution in [0, 0.1) is 6.92 Å². The number of hydrogen-bond acceptors (Lipinski definition) is 4. The number of aliphatic hydroxyl groups is 1. The topological polar surface area (TPSA) is 59.4 Å². The van der Waals surface area contributed by atoms with Crippen LogP contribution in [-0.4, -0.2) is 10.1 Å². The molecule has 0 amide bonds. The van der Waals surface area contributed by atoms with Gasteiger partial charge in [-0.2, -0.15) is 0 Å². The first-order valence-corrected chi connectivity index (χ1v) is 3.90. The van der Waals surface area contributed by atoms with Crippen molar-refractivity contribution in [1.29, 1.82) is 0 Å². The zero-order chi connectivity index (χ0) is 9.26. The summed E-state index contributed by atoms with van der Waals surface area (Å²) >= 11 is 0. The van der Waals surface area contributed by atoms with Crippen LogP contribution in [0.3, 0.4) is 0 Å². The number of aryl methyl sites for hydroxylation is 1. The molecule has 1 N–H and O–H groups in total. The smallest absolute Gasteiger partial charge is 0.195 e. The van der Waals surface area contributed by atoms with Crippen LogP contribution in [0.4, 0.5) is 0 Å². The third kappa shape index (κ3) is 1.25. The van der Waals surface area contributed by atoms with E-state index in [1.165, 1.54) is 6.39 Å². The Balaban J connectivity index is 2.52. The van der Waals surface area contributed by atoms with Crippen molar-refractivity contribution >= 4 is 0 Å². The Labute approximate surface area is 74.8 Å². The zero-order valence-electron chi connectivity index (χ0n) is 7.15. The van der Waals surface area contributed by atoms with E-state index in [0.717, 1.165) is 5.56 Å². The monoisotopic (exact) mass is 179 g/mol. The highest BCUT2D eigenvalue weighted by Gasteiger charge is 2.14. The van der Waals surface area contributed by atoms with Gasteiger partial charge in [-0.3, -0.25) is 0 Å². The highest BCUT2D eigenvalue weighted by atomic mass is 16.4. The molecule has 0 aromatic carbocycles. The van der Waals surface area contributed by atoms with E-state index >= 15 is 0 Å². The number of rotatable bonds is 2. The number of aliphatic hydroxyl groups excluding tert-OH is 1. The number of furan rings is 1. The van der Waals surface area contributed by atoms with Gasteiger partial charge in [0.2, 0.25) is 0 Å². The first-order chi connectivity index (χ1) is 6.33. The Morgan fingerprint density at radius 1 is 1.38 bits per heavy atom. The van der Waals surface area contributed by atoms with Crippen molar-refractivity contribution < 1.29 is 13.9 Å². The molecule has 0 saturated carbocycles. The minimum Gasteiger partial charge on any atom is -0.461 e. The molecule has 0 spiro atoms. The van der Waals surface area contributed by atoms with Crippen molar-refractivity contribution in [3.8, 4) is 11.5 Å². The summed E-state index contributed by atoms with van der Waals surface area (Å²) in [7, 11) is 0. The summed E-state index contributed by atoms with van der Waals surface area (Å²) < 4.78 is 10.3. The highest BCUT2D eigenvalue weighted by molar-refractivity contribution is 5.56. The van der Waals surface area contributed by atoms with Crippen LogP contribution in [-0.2, 0) is 6.61 Å². The summed E-state index contributed by atoms with van der Waals surface area (Å²) in [6.07, 6.45) is 2.87. The van der Waals surface area contributed by atoms with Gasteiger partial charge in [-0.05, 0) is 18.6 Å². The lowest BCUT2D eigenvalue weighted by molar-refractivity contribution is 0.277. The maximum atomic E-state index is 8.93. The Hall–Kier alpha value is -1.55. The minimum absolute atomic E-state index is 0.147. The molecule has 2 rings (SSSR count). The van der Waals surface area contributed by atoms with Crippen molar-refractivity contribution in [3.63, 3.8) is 0 Å². The van der Waals surface area contributed by atoms with Crippen molar-refractivity contribution in [2.45, 2.75) is 13.5 Å². The predicted octanol–water partition coefficient (Wildman–Crippen LogP) is 1.74. The van der Waals surface area contributed by atoms with Crippen LogP contribution in [0.1, 0.15) is 11.3 Å². The van der Waals surface area contributed by atoms with Crippen LogP contribution >= 0.6 is 0 Å². The second-order valence-electron chi connectivity index (χ2n) is 2.72. The summed E-state index contributed by atoms with van der Waals surface area (Å²) in [5.74, 6) is 1.13. The van der Waals surface area contributed by atoms with Crippen LogP contribution in [0.15, 0.2) is 27.6 Å². The lowest BCUT2D eigenvalue weighted by Gasteiger charge is -1.94. The number of oxazole rings is 1.